The Kier molecular flexibility index (Phi) is 3.76. The minimum absolute atomic E-state index is 0.510. The standard InChI is InChI=1S/C16H32O2Si2/c1-19(2,3)17-15-12-7-11-8-13(10-12)16(14(15)9-11)18-20(4,5)6/h11-16H,7-10H2,1-6H3/t11?,12?,13?,14?,15-,16+. The highest BCUT2D eigenvalue weighted by atomic mass is 28.4. The summed E-state index contributed by atoms with van der Waals surface area (Å²) in [6, 6.07) is 0. The highest BCUT2D eigenvalue weighted by Gasteiger charge is 2.55. The molecule has 20 heavy (non-hydrogen) atoms. The van der Waals surface area contributed by atoms with Gasteiger partial charge in [0, 0.05) is 5.92 Å². The molecule has 6 atom stereocenters. The van der Waals surface area contributed by atoms with Gasteiger partial charge in [0.1, 0.15) is 0 Å². The second-order valence-corrected chi connectivity index (χ2v) is 18.3. The topological polar surface area (TPSA) is 18.5 Å². The van der Waals surface area contributed by atoms with Crippen LogP contribution in [-0.2, 0) is 8.85 Å². The van der Waals surface area contributed by atoms with Gasteiger partial charge in [0.15, 0.2) is 16.6 Å². The van der Waals surface area contributed by atoms with Crippen LogP contribution in [0, 0.1) is 23.7 Å². The summed E-state index contributed by atoms with van der Waals surface area (Å²) in [5.41, 5.74) is 0. The van der Waals surface area contributed by atoms with Crippen molar-refractivity contribution >= 4 is 16.6 Å². The van der Waals surface area contributed by atoms with E-state index in [4.69, 9.17) is 8.85 Å². The first-order chi connectivity index (χ1) is 9.12. The third-order valence-electron chi connectivity index (χ3n) is 5.24. The van der Waals surface area contributed by atoms with E-state index in [0.29, 0.717) is 18.1 Å². The van der Waals surface area contributed by atoms with E-state index in [1.54, 1.807) is 0 Å². The largest absolute Gasteiger partial charge is 0.414 e. The highest BCUT2D eigenvalue weighted by Crippen LogP contribution is 2.56. The third kappa shape index (κ3) is 3.08. The molecule has 4 bridgehead atoms. The third-order valence-corrected chi connectivity index (χ3v) is 7.19. The molecule has 0 aliphatic heterocycles. The van der Waals surface area contributed by atoms with Crippen LogP contribution in [0.5, 0.6) is 0 Å². The van der Waals surface area contributed by atoms with Crippen molar-refractivity contribution in [1.29, 1.82) is 0 Å². The molecule has 4 aliphatic carbocycles. The van der Waals surface area contributed by atoms with Crippen LogP contribution >= 0.6 is 0 Å². The Morgan fingerprint density at radius 1 is 0.650 bits per heavy atom. The fourth-order valence-corrected chi connectivity index (χ4v) is 7.35. The molecule has 0 spiro atoms. The molecule has 0 amide bonds. The van der Waals surface area contributed by atoms with Gasteiger partial charge in [0.2, 0.25) is 0 Å². The molecule has 4 heteroatoms. The van der Waals surface area contributed by atoms with Gasteiger partial charge in [-0.2, -0.15) is 0 Å². The SMILES string of the molecule is C[Si](C)(C)O[C@@H]1C2CC3CC(C2)[C@H](O[Si](C)(C)C)C1C3. The predicted molar refractivity (Wildman–Crippen MR) is 88.9 cm³/mol. The highest BCUT2D eigenvalue weighted by molar-refractivity contribution is 6.70. The maximum Gasteiger partial charge on any atom is 0.184 e. The fraction of sp³-hybridized carbons (Fsp3) is 1.00. The van der Waals surface area contributed by atoms with Gasteiger partial charge in [-0.1, -0.05) is 0 Å². The van der Waals surface area contributed by atoms with E-state index in [-0.39, 0.29) is 0 Å². The van der Waals surface area contributed by atoms with Gasteiger partial charge in [-0.15, -0.1) is 0 Å². The van der Waals surface area contributed by atoms with Crippen LogP contribution in [0.1, 0.15) is 25.7 Å². The summed E-state index contributed by atoms with van der Waals surface area (Å²) < 4.78 is 13.3. The zero-order chi connectivity index (χ0) is 14.7. The van der Waals surface area contributed by atoms with Gasteiger partial charge < -0.3 is 8.85 Å². The predicted octanol–water partition coefficient (Wildman–Crippen LogP) is 4.49. The molecule has 0 radical (unpaired) electrons. The molecule has 4 fully saturated rings. The van der Waals surface area contributed by atoms with Crippen molar-refractivity contribution in [3.05, 3.63) is 0 Å². The molecule has 0 aromatic carbocycles. The molecule has 116 valence electrons. The molecular formula is C16H32O2Si2. The quantitative estimate of drug-likeness (QED) is 0.712. The normalized spacial score (nSPS) is 44.1. The van der Waals surface area contributed by atoms with Crippen molar-refractivity contribution in [3.63, 3.8) is 0 Å². The first-order valence-corrected chi connectivity index (χ1v) is 15.3. The summed E-state index contributed by atoms with van der Waals surface area (Å²) in [6.45, 7) is 14.0. The summed E-state index contributed by atoms with van der Waals surface area (Å²) in [5.74, 6) is 3.35. The van der Waals surface area contributed by atoms with E-state index in [1.807, 2.05) is 0 Å². The molecule has 4 aliphatic rings. The Bertz CT molecular complexity index is 340. The Morgan fingerprint density at radius 2 is 1.10 bits per heavy atom. The van der Waals surface area contributed by atoms with Crippen LogP contribution in [0.25, 0.3) is 0 Å². The average Bonchev–Trinajstić information content (AvgIpc) is 2.25. The van der Waals surface area contributed by atoms with Gasteiger partial charge in [0.25, 0.3) is 0 Å². The molecule has 0 heterocycles. The summed E-state index contributed by atoms with van der Waals surface area (Å²) in [7, 11) is -2.90. The Balaban J connectivity index is 1.80. The lowest BCUT2D eigenvalue weighted by Crippen LogP contribution is -2.60. The second kappa shape index (κ2) is 4.93. The van der Waals surface area contributed by atoms with Crippen LogP contribution in [0.2, 0.25) is 39.3 Å². The number of hydrogen-bond donors (Lipinski definition) is 0. The maximum atomic E-state index is 6.63. The maximum absolute atomic E-state index is 6.63. The van der Waals surface area contributed by atoms with Crippen LogP contribution in [0.3, 0.4) is 0 Å². The Morgan fingerprint density at radius 3 is 1.50 bits per heavy atom. The molecule has 0 aromatic heterocycles. The van der Waals surface area contributed by atoms with E-state index < -0.39 is 16.6 Å². The summed E-state index contributed by atoms with van der Waals surface area (Å²) in [5, 5.41) is 0. The van der Waals surface area contributed by atoms with Crippen molar-refractivity contribution in [1.82, 2.24) is 0 Å². The number of hydrogen-bond acceptors (Lipinski definition) is 2. The van der Waals surface area contributed by atoms with Crippen molar-refractivity contribution in [2.75, 3.05) is 0 Å². The van der Waals surface area contributed by atoms with E-state index in [2.05, 4.69) is 39.3 Å². The number of rotatable bonds is 4. The molecule has 2 nitrogen and oxygen atoms in total. The van der Waals surface area contributed by atoms with Gasteiger partial charge in [-0.05, 0) is 82.7 Å². The first kappa shape index (κ1) is 15.3. The van der Waals surface area contributed by atoms with Crippen LogP contribution in [0.4, 0.5) is 0 Å². The van der Waals surface area contributed by atoms with E-state index in [1.165, 1.54) is 25.7 Å². The van der Waals surface area contributed by atoms with Gasteiger partial charge in [-0.3, -0.25) is 0 Å². The Hall–Kier alpha value is 0.354. The lowest BCUT2D eigenvalue weighted by Gasteiger charge is -2.59. The lowest BCUT2D eigenvalue weighted by molar-refractivity contribution is -0.148. The summed E-state index contributed by atoms with van der Waals surface area (Å²) in [6.07, 6.45) is 6.63. The fourth-order valence-electron chi connectivity index (χ4n) is 4.99. The van der Waals surface area contributed by atoms with Crippen molar-refractivity contribution in [3.8, 4) is 0 Å². The van der Waals surface area contributed by atoms with E-state index >= 15 is 0 Å². The average molecular weight is 313 g/mol. The van der Waals surface area contributed by atoms with Crippen molar-refractivity contribution in [2.45, 2.75) is 77.2 Å². The molecular weight excluding hydrogens is 280 g/mol. The lowest BCUT2D eigenvalue weighted by atomic mass is 9.54. The molecule has 4 saturated carbocycles. The molecule has 0 N–H and O–H groups in total. The van der Waals surface area contributed by atoms with Crippen LogP contribution in [0.15, 0.2) is 0 Å². The van der Waals surface area contributed by atoms with Gasteiger partial charge >= 0.3 is 0 Å². The van der Waals surface area contributed by atoms with Crippen molar-refractivity contribution < 1.29 is 8.85 Å². The zero-order valence-corrected chi connectivity index (χ0v) is 16.1. The van der Waals surface area contributed by atoms with E-state index in [0.717, 1.165) is 17.8 Å². The minimum Gasteiger partial charge on any atom is -0.414 e. The molecule has 0 saturated heterocycles. The first-order valence-electron chi connectivity index (χ1n) is 8.48. The van der Waals surface area contributed by atoms with Crippen LogP contribution in [-0.4, -0.2) is 28.8 Å². The monoisotopic (exact) mass is 312 g/mol. The van der Waals surface area contributed by atoms with E-state index in [9.17, 15) is 0 Å². The summed E-state index contributed by atoms with van der Waals surface area (Å²) in [4.78, 5) is 0. The van der Waals surface area contributed by atoms with Gasteiger partial charge in [-0.25, -0.2) is 0 Å². The van der Waals surface area contributed by atoms with Gasteiger partial charge in [0.05, 0.1) is 12.2 Å². The molecule has 0 aromatic rings. The second-order valence-electron chi connectivity index (χ2n) is 9.38. The zero-order valence-electron chi connectivity index (χ0n) is 14.1. The molecule has 4 unspecified atom stereocenters. The minimum atomic E-state index is -1.45. The smallest absolute Gasteiger partial charge is 0.184 e. The Labute approximate surface area is 126 Å². The molecule has 4 rings (SSSR count). The van der Waals surface area contributed by atoms with Crippen LogP contribution < -0.4 is 0 Å². The van der Waals surface area contributed by atoms with Crippen molar-refractivity contribution in [2.24, 2.45) is 23.7 Å². The summed E-state index contributed by atoms with van der Waals surface area (Å²) >= 11 is 0.